The Morgan fingerprint density at radius 1 is 1.21 bits per heavy atom. The topological polar surface area (TPSA) is 86.5 Å². The maximum absolute atomic E-state index is 11.3. The van der Waals surface area contributed by atoms with Gasteiger partial charge >= 0.3 is 5.97 Å². The predicted octanol–water partition coefficient (Wildman–Crippen LogP) is 2.40. The minimum absolute atomic E-state index is 0.0105. The van der Waals surface area contributed by atoms with Gasteiger partial charge in [-0.1, -0.05) is 6.92 Å². The van der Waals surface area contributed by atoms with Gasteiger partial charge in [-0.25, -0.2) is 0 Å². The molecule has 0 saturated carbocycles. The Kier molecular flexibility index (Phi) is 5.66. The minimum atomic E-state index is -0.494. The van der Waals surface area contributed by atoms with Gasteiger partial charge in [-0.2, -0.15) is 0 Å². The molecule has 1 aromatic rings. The molecule has 6 nitrogen and oxygen atoms in total. The Morgan fingerprint density at radius 2 is 1.84 bits per heavy atom. The van der Waals surface area contributed by atoms with Crippen LogP contribution in [0.1, 0.15) is 31.7 Å². The van der Waals surface area contributed by atoms with Crippen LogP contribution in [0.25, 0.3) is 0 Å². The molecular formula is C13H15NO5. The van der Waals surface area contributed by atoms with E-state index in [2.05, 4.69) is 0 Å². The van der Waals surface area contributed by atoms with Gasteiger partial charge in [0.1, 0.15) is 12.4 Å². The number of non-ortho nitro benzene ring substituents is 1. The fourth-order valence-electron chi connectivity index (χ4n) is 1.37. The molecule has 0 saturated heterocycles. The second-order valence-corrected chi connectivity index (χ2v) is 3.98. The van der Waals surface area contributed by atoms with E-state index in [1.54, 1.807) is 6.92 Å². The van der Waals surface area contributed by atoms with Gasteiger partial charge < -0.3 is 4.74 Å². The number of nitro benzene ring substituents is 1. The van der Waals surface area contributed by atoms with Crippen LogP contribution in [0.15, 0.2) is 24.3 Å². The Balaban J connectivity index is 2.37. The lowest BCUT2D eigenvalue weighted by Crippen LogP contribution is -2.07. The molecule has 0 atom stereocenters. The summed E-state index contributed by atoms with van der Waals surface area (Å²) in [5, 5.41) is 10.4. The molecule has 0 bridgehead atoms. The zero-order valence-corrected chi connectivity index (χ0v) is 10.6. The van der Waals surface area contributed by atoms with E-state index < -0.39 is 10.9 Å². The van der Waals surface area contributed by atoms with E-state index >= 15 is 0 Å². The molecule has 19 heavy (non-hydrogen) atoms. The summed E-state index contributed by atoms with van der Waals surface area (Å²) >= 11 is 0. The van der Waals surface area contributed by atoms with Crippen molar-refractivity contribution in [3.8, 4) is 0 Å². The fraction of sp³-hybridized carbons (Fsp3) is 0.385. The first-order valence-corrected chi connectivity index (χ1v) is 5.93. The Hall–Kier alpha value is -2.24. The third-order valence-corrected chi connectivity index (χ3v) is 2.55. The third kappa shape index (κ3) is 5.29. The number of benzene rings is 1. The predicted molar refractivity (Wildman–Crippen MR) is 67.4 cm³/mol. The lowest BCUT2D eigenvalue weighted by molar-refractivity contribution is -0.384. The molecular weight excluding hydrogens is 250 g/mol. The Labute approximate surface area is 110 Å². The number of hydrogen-bond donors (Lipinski definition) is 0. The number of nitrogens with zero attached hydrogens (tertiary/aromatic N) is 1. The number of rotatable bonds is 7. The molecule has 0 N–H and O–H groups in total. The molecule has 6 heteroatoms. The van der Waals surface area contributed by atoms with E-state index in [1.165, 1.54) is 24.3 Å². The van der Waals surface area contributed by atoms with Crippen molar-refractivity contribution in [3.05, 3.63) is 39.9 Å². The van der Waals surface area contributed by atoms with Crippen LogP contribution in [0.4, 0.5) is 5.69 Å². The van der Waals surface area contributed by atoms with Crippen LogP contribution in [-0.2, 0) is 20.9 Å². The van der Waals surface area contributed by atoms with Crippen molar-refractivity contribution in [2.45, 2.75) is 32.8 Å². The molecule has 0 fully saturated rings. The Bertz CT molecular complexity index is 466. The number of hydrogen-bond acceptors (Lipinski definition) is 5. The molecule has 0 amide bonds. The first kappa shape index (κ1) is 14.8. The largest absolute Gasteiger partial charge is 0.461 e. The van der Waals surface area contributed by atoms with Gasteiger partial charge in [-0.05, 0) is 17.7 Å². The first-order chi connectivity index (χ1) is 9.02. The molecule has 0 aliphatic heterocycles. The molecule has 1 rings (SSSR count). The molecule has 1 aromatic carbocycles. The molecule has 102 valence electrons. The highest BCUT2D eigenvalue weighted by Gasteiger charge is 2.08. The smallest absolute Gasteiger partial charge is 0.306 e. The zero-order chi connectivity index (χ0) is 14.3. The number of carbonyl (C=O) groups excluding carboxylic acids is 2. The third-order valence-electron chi connectivity index (χ3n) is 2.55. The highest BCUT2D eigenvalue weighted by Crippen LogP contribution is 2.12. The standard InChI is InChI=1S/C13H15NO5/c1-2-12(15)7-8-13(16)19-9-10-3-5-11(6-4-10)14(17)18/h3-6H,2,7-9H2,1H3. The number of nitro groups is 1. The Morgan fingerprint density at radius 3 is 2.37 bits per heavy atom. The maximum Gasteiger partial charge on any atom is 0.306 e. The van der Waals surface area contributed by atoms with Crippen molar-refractivity contribution in [1.29, 1.82) is 0 Å². The second kappa shape index (κ2) is 7.25. The zero-order valence-electron chi connectivity index (χ0n) is 10.6. The van der Waals surface area contributed by atoms with Crippen LogP contribution in [0.5, 0.6) is 0 Å². The van der Waals surface area contributed by atoms with Crippen LogP contribution in [0.2, 0.25) is 0 Å². The van der Waals surface area contributed by atoms with Crippen molar-refractivity contribution in [1.82, 2.24) is 0 Å². The van der Waals surface area contributed by atoms with Gasteiger partial charge in [0.2, 0.25) is 0 Å². The highest BCUT2D eigenvalue weighted by molar-refractivity contribution is 5.82. The SMILES string of the molecule is CCC(=O)CCC(=O)OCc1ccc([N+](=O)[O-])cc1. The first-order valence-electron chi connectivity index (χ1n) is 5.93. The average Bonchev–Trinajstić information content (AvgIpc) is 2.42. The van der Waals surface area contributed by atoms with Crippen LogP contribution in [0, 0.1) is 10.1 Å². The van der Waals surface area contributed by atoms with E-state index in [-0.39, 0.29) is 30.9 Å². The number of ether oxygens (including phenoxy) is 1. The van der Waals surface area contributed by atoms with E-state index in [0.29, 0.717) is 12.0 Å². The average molecular weight is 265 g/mol. The molecule has 0 radical (unpaired) electrons. The number of carbonyl (C=O) groups is 2. The van der Waals surface area contributed by atoms with Gasteiger partial charge in [-0.3, -0.25) is 19.7 Å². The van der Waals surface area contributed by atoms with Gasteiger partial charge in [-0.15, -0.1) is 0 Å². The van der Waals surface area contributed by atoms with Crippen LogP contribution >= 0.6 is 0 Å². The van der Waals surface area contributed by atoms with Crippen molar-refractivity contribution >= 4 is 17.4 Å². The second-order valence-electron chi connectivity index (χ2n) is 3.98. The van der Waals surface area contributed by atoms with Crippen molar-refractivity contribution < 1.29 is 19.2 Å². The minimum Gasteiger partial charge on any atom is -0.461 e. The van der Waals surface area contributed by atoms with Gasteiger partial charge in [0.15, 0.2) is 0 Å². The number of Topliss-reactive ketones (excluding diaryl/α,β-unsaturated/α-hetero) is 1. The van der Waals surface area contributed by atoms with Crippen LogP contribution in [0.3, 0.4) is 0 Å². The van der Waals surface area contributed by atoms with Gasteiger partial charge in [0.25, 0.3) is 5.69 Å². The normalized spacial score (nSPS) is 9.95. The quantitative estimate of drug-likeness (QED) is 0.429. The van der Waals surface area contributed by atoms with E-state index in [1.807, 2.05) is 0 Å². The summed E-state index contributed by atoms with van der Waals surface area (Å²) in [6, 6.07) is 5.76. The van der Waals surface area contributed by atoms with Crippen molar-refractivity contribution in [2.75, 3.05) is 0 Å². The molecule has 0 aliphatic carbocycles. The summed E-state index contributed by atoms with van der Waals surface area (Å²) in [6.07, 6.45) is 0.672. The summed E-state index contributed by atoms with van der Waals surface area (Å²) in [6.45, 7) is 1.79. The van der Waals surface area contributed by atoms with Crippen molar-refractivity contribution in [3.63, 3.8) is 0 Å². The molecule has 0 aromatic heterocycles. The summed E-state index contributed by atoms with van der Waals surface area (Å²) in [5.41, 5.74) is 0.657. The molecule has 0 spiro atoms. The maximum atomic E-state index is 11.3. The number of ketones is 1. The van der Waals surface area contributed by atoms with E-state index in [4.69, 9.17) is 4.74 Å². The fourth-order valence-corrected chi connectivity index (χ4v) is 1.37. The highest BCUT2D eigenvalue weighted by atomic mass is 16.6. The summed E-state index contributed by atoms with van der Waals surface area (Å²) in [4.78, 5) is 32.3. The lowest BCUT2D eigenvalue weighted by Gasteiger charge is -2.04. The monoisotopic (exact) mass is 265 g/mol. The number of esters is 1. The lowest BCUT2D eigenvalue weighted by atomic mass is 10.2. The molecule has 0 unspecified atom stereocenters. The summed E-state index contributed by atoms with van der Waals surface area (Å²) in [5.74, 6) is -0.424. The summed E-state index contributed by atoms with van der Waals surface area (Å²) in [7, 11) is 0. The van der Waals surface area contributed by atoms with Crippen LogP contribution < -0.4 is 0 Å². The summed E-state index contributed by atoms with van der Waals surface area (Å²) < 4.78 is 4.96. The van der Waals surface area contributed by atoms with Gasteiger partial charge in [0, 0.05) is 25.0 Å². The van der Waals surface area contributed by atoms with E-state index in [0.717, 1.165) is 0 Å². The van der Waals surface area contributed by atoms with Crippen LogP contribution in [-0.4, -0.2) is 16.7 Å². The molecule has 0 heterocycles. The van der Waals surface area contributed by atoms with Gasteiger partial charge in [0.05, 0.1) is 11.3 Å². The van der Waals surface area contributed by atoms with E-state index in [9.17, 15) is 19.7 Å². The molecule has 0 aliphatic rings. The van der Waals surface area contributed by atoms with Crippen molar-refractivity contribution in [2.24, 2.45) is 0 Å².